The van der Waals surface area contributed by atoms with E-state index in [1.54, 1.807) is 30.1 Å². The number of amides is 1. The number of hydrogen-bond donors (Lipinski definition) is 2. The first-order valence-corrected chi connectivity index (χ1v) is 11.9. The normalized spacial score (nSPS) is 12.5. The number of halogens is 2. The zero-order chi connectivity index (χ0) is 26.2. The number of likely N-dealkylation sites (N-methyl/N-ethyl adjacent to an activating group) is 1. The average molecular weight is 505 g/mol. The van der Waals surface area contributed by atoms with Crippen LogP contribution in [-0.4, -0.2) is 72.2 Å². The Bertz CT molecular complexity index is 1170. The first-order valence-electron chi connectivity index (χ1n) is 11.9. The molecule has 36 heavy (non-hydrogen) atoms. The largest absolute Gasteiger partial charge is 0.453 e. The molecule has 0 aliphatic heterocycles. The number of aromatic nitrogens is 2. The summed E-state index contributed by atoms with van der Waals surface area (Å²) in [7, 11) is 3.56. The molecule has 0 spiro atoms. The lowest BCUT2D eigenvalue weighted by atomic mass is 10.1. The fourth-order valence-corrected chi connectivity index (χ4v) is 3.74. The van der Waals surface area contributed by atoms with Crippen molar-refractivity contribution in [3.05, 3.63) is 53.7 Å². The predicted molar refractivity (Wildman–Crippen MR) is 133 cm³/mol. The summed E-state index contributed by atoms with van der Waals surface area (Å²) in [4.78, 5) is 15.4. The molecule has 0 radical (unpaired) electrons. The molecule has 8 nitrogen and oxygen atoms in total. The van der Waals surface area contributed by atoms with Crippen molar-refractivity contribution in [2.24, 2.45) is 5.92 Å². The minimum Gasteiger partial charge on any atom is -0.453 e. The molecule has 2 aromatic carbocycles. The quantitative estimate of drug-likeness (QED) is 0.368. The third-order valence-electron chi connectivity index (χ3n) is 5.73. The maximum Gasteiger partial charge on any atom is 0.255 e. The molecule has 2 N–H and O–H groups in total. The maximum atomic E-state index is 14.3. The van der Waals surface area contributed by atoms with E-state index in [0.29, 0.717) is 37.4 Å². The van der Waals surface area contributed by atoms with E-state index in [4.69, 9.17) is 9.47 Å². The van der Waals surface area contributed by atoms with Gasteiger partial charge in [0.1, 0.15) is 11.6 Å². The third kappa shape index (κ3) is 7.22. The standard InChI is InChI=1S/C26H34F2N4O4/c1-17(2)15-32-23-13-21(26(34)30-20(16-33)7-8-31(3)9-10-35-4)25(11-18(23)14-29-32)36-24-6-5-19(27)12-22(24)28/h5-6,11-14,17,20,33H,7-10,15-16H2,1-4H3,(H,30,34)/t20-/m0/s1. The molecule has 0 aliphatic rings. The molecule has 0 fully saturated rings. The molecule has 1 atom stereocenters. The summed E-state index contributed by atoms with van der Waals surface area (Å²) in [5.41, 5.74) is 0.878. The molecule has 0 aliphatic carbocycles. The number of rotatable bonds is 13. The Morgan fingerprint density at radius 2 is 1.97 bits per heavy atom. The molecule has 1 aromatic heterocycles. The zero-order valence-electron chi connectivity index (χ0n) is 21.1. The zero-order valence-corrected chi connectivity index (χ0v) is 21.1. The van der Waals surface area contributed by atoms with Crippen LogP contribution in [0.25, 0.3) is 10.9 Å². The van der Waals surface area contributed by atoms with Crippen molar-refractivity contribution in [3.63, 3.8) is 0 Å². The summed E-state index contributed by atoms with van der Waals surface area (Å²) in [6.07, 6.45) is 2.17. The molecule has 3 aromatic rings. The third-order valence-corrected chi connectivity index (χ3v) is 5.73. The van der Waals surface area contributed by atoms with E-state index in [1.807, 2.05) is 11.9 Å². The van der Waals surface area contributed by atoms with Crippen molar-refractivity contribution in [1.82, 2.24) is 20.0 Å². The molecule has 1 amide bonds. The van der Waals surface area contributed by atoms with E-state index < -0.39 is 23.6 Å². The van der Waals surface area contributed by atoms with E-state index in [9.17, 15) is 18.7 Å². The minimum atomic E-state index is -0.885. The number of aliphatic hydroxyl groups excluding tert-OH is 1. The van der Waals surface area contributed by atoms with Crippen LogP contribution in [0.5, 0.6) is 11.5 Å². The predicted octanol–water partition coefficient (Wildman–Crippen LogP) is 3.82. The number of carbonyl (C=O) groups excluding carboxylic acids is 1. The van der Waals surface area contributed by atoms with E-state index in [0.717, 1.165) is 24.2 Å². The second-order valence-corrected chi connectivity index (χ2v) is 9.24. The Morgan fingerprint density at radius 1 is 1.19 bits per heavy atom. The molecule has 10 heteroatoms. The highest BCUT2D eigenvalue weighted by Crippen LogP contribution is 2.32. The van der Waals surface area contributed by atoms with Gasteiger partial charge in [0.15, 0.2) is 11.6 Å². The number of nitrogens with one attached hydrogen (secondary N) is 1. The van der Waals surface area contributed by atoms with Crippen LogP contribution in [0.2, 0.25) is 0 Å². The van der Waals surface area contributed by atoms with Crippen LogP contribution in [0.4, 0.5) is 8.78 Å². The van der Waals surface area contributed by atoms with Gasteiger partial charge < -0.3 is 24.8 Å². The van der Waals surface area contributed by atoms with Gasteiger partial charge in [-0.2, -0.15) is 5.10 Å². The van der Waals surface area contributed by atoms with Crippen LogP contribution in [-0.2, 0) is 11.3 Å². The van der Waals surface area contributed by atoms with Gasteiger partial charge in [0.25, 0.3) is 5.91 Å². The Labute approximate surface area is 209 Å². The van der Waals surface area contributed by atoms with Gasteiger partial charge in [-0.3, -0.25) is 9.48 Å². The van der Waals surface area contributed by atoms with Gasteiger partial charge in [-0.05, 0) is 50.2 Å². The minimum absolute atomic E-state index is 0.100. The van der Waals surface area contributed by atoms with Crippen LogP contribution in [0.1, 0.15) is 30.6 Å². The van der Waals surface area contributed by atoms with E-state index in [-0.39, 0.29) is 23.7 Å². The summed E-state index contributed by atoms with van der Waals surface area (Å²) in [5, 5.41) is 17.8. The fourth-order valence-electron chi connectivity index (χ4n) is 3.74. The topological polar surface area (TPSA) is 88.9 Å². The SMILES string of the molecule is COCCN(C)CC[C@@H](CO)NC(=O)c1cc2c(cnn2CC(C)C)cc1Oc1ccc(F)cc1F. The molecule has 0 unspecified atom stereocenters. The molecular formula is C26H34F2N4O4. The Hall–Kier alpha value is -3.08. The van der Waals surface area contributed by atoms with Gasteiger partial charge in [-0.25, -0.2) is 8.78 Å². The van der Waals surface area contributed by atoms with Crippen LogP contribution >= 0.6 is 0 Å². The number of fused-ring (bicyclic) bond motifs is 1. The van der Waals surface area contributed by atoms with Crippen LogP contribution in [0.3, 0.4) is 0 Å². The van der Waals surface area contributed by atoms with Gasteiger partial charge in [0.05, 0.1) is 36.5 Å². The highest BCUT2D eigenvalue weighted by Gasteiger charge is 2.21. The van der Waals surface area contributed by atoms with Gasteiger partial charge in [-0.15, -0.1) is 0 Å². The number of hydrogen-bond acceptors (Lipinski definition) is 6. The van der Waals surface area contributed by atoms with Crippen molar-refractivity contribution in [2.45, 2.75) is 32.9 Å². The number of nitrogens with zero attached hydrogens (tertiary/aromatic N) is 3. The summed E-state index contributed by atoms with van der Waals surface area (Å²) in [6.45, 7) is 6.46. The number of ether oxygens (including phenoxy) is 2. The first kappa shape index (κ1) is 27.5. The van der Waals surface area contributed by atoms with Crippen molar-refractivity contribution >= 4 is 16.8 Å². The highest BCUT2D eigenvalue weighted by atomic mass is 19.1. The van der Waals surface area contributed by atoms with Crippen molar-refractivity contribution < 1.29 is 28.2 Å². The number of methoxy groups -OCH3 is 1. The second-order valence-electron chi connectivity index (χ2n) is 9.24. The smallest absolute Gasteiger partial charge is 0.255 e. The first-order chi connectivity index (χ1) is 17.2. The van der Waals surface area contributed by atoms with Gasteiger partial charge in [0, 0.05) is 31.7 Å². The van der Waals surface area contributed by atoms with Gasteiger partial charge in [0.2, 0.25) is 0 Å². The number of benzene rings is 2. The Balaban J connectivity index is 1.90. The lowest BCUT2D eigenvalue weighted by molar-refractivity contribution is 0.0903. The molecule has 0 bridgehead atoms. The van der Waals surface area contributed by atoms with Crippen molar-refractivity contribution in [1.29, 1.82) is 0 Å². The maximum absolute atomic E-state index is 14.3. The Morgan fingerprint density at radius 3 is 2.64 bits per heavy atom. The van der Waals surface area contributed by atoms with E-state index in [2.05, 4.69) is 24.3 Å². The summed E-state index contributed by atoms with van der Waals surface area (Å²) in [6, 6.07) is 5.73. The van der Waals surface area contributed by atoms with E-state index >= 15 is 0 Å². The summed E-state index contributed by atoms with van der Waals surface area (Å²) < 4.78 is 40.3. The summed E-state index contributed by atoms with van der Waals surface area (Å²) in [5.74, 6) is -1.89. The monoisotopic (exact) mass is 504 g/mol. The van der Waals surface area contributed by atoms with E-state index in [1.165, 1.54) is 6.07 Å². The molecular weight excluding hydrogens is 470 g/mol. The fraction of sp³-hybridized carbons (Fsp3) is 0.462. The highest BCUT2D eigenvalue weighted by molar-refractivity contribution is 6.01. The van der Waals surface area contributed by atoms with Crippen LogP contribution in [0.15, 0.2) is 36.5 Å². The van der Waals surface area contributed by atoms with Crippen molar-refractivity contribution in [3.8, 4) is 11.5 Å². The molecule has 196 valence electrons. The number of aliphatic hydroxyl groups is 1. The van der Waals surface area contributed by atoms with Crippen LogP contribution < -0.4 is 10.1 Å². The number of carbonyl (C=O) groups is 1. The molecule has 0 saturated carbocycles. The summed E-state index contributed by atoms with van der Waals surface area (Å²) >= 11 is 0. The van der Waals surface area contributed by atoms with Gasteiger partial charge in [-0.1, -0.05) is 13.8 Å². The van der Waals surface area contributed by atoms with Crippen molar-refractivity contribution in [2.75, 3.05) is 40.5 Å². The molecule has 1 heterocycles. The van der Waals surface area contributed by atoms with Gasteiger partial charge >= 0.3 is 0 Å². The van der Waals surface area contributed by atoms with Crippen LogP contribution in [0, 0.1) is 17.6 Å². The lowest BCUT2D eigenvalue weighted by Gasteiger charge is -2.22. The molecule has 3 rings (SSSR count). The average Bonchev–Trinajstić information content (AvgIpc) is 3.22. The lowest BCUT2D eigenvalue weighted by Crippen LogP contribution is -2.40. The molecule has 0 saturated heterocycles. The second kappa shape index (κ2) is 12.8. The Kier molecular flexibility index (Phi) is 9.74.